The third-order valence-corrected chi connectivity index (χ3v) is 6.93. The highest BCUT2D eigenvalue weighted by Crippen LogP contribution is 2.54. The van der Waals surface area contributed by atoms with Crippen LogP contribution >= 0.6 is 0 Å². The molecule has 2 aromatic rings. The number of aryl methyl sites for hydroxylation is 1. The van der Waals surface area contributed by atoms with E-state index in [0.717, 1.165) is 22.4 Å². The van der Waals surface area contributed by atoms with Gasteiger partial charge in [-0.25, -0.2) is 0 Å². The zero-order valence-electron chi connectivity index (χ0n) is 18.2. The van der Waals surface area contributed by atoms with Crippen LogP contribution in [0.1, 0.15) is 37.5 Å². The Balaban J connectivity index is 1.68. The highest BCUT2D eigenvalue weighted by Gasteiger charge is 2.71. The molecule has 160 valence electrons. The molecular weight excluding hydrogens is 390 g/mol. The second-order valence-corrected chi connectivity index (χ2v) is 9.89. The van der Waals surface area contributed by atoms with E-state index in [9.17, 15) is 14.4 Å². The average molecular weight is 418 g/mol. The van der Waals surface area contributed by atoms with Crippen molar-refractivity contribution in [3.8, 4) is 0 Å². The summed E-state index contributed by atoms with van der Waals surface area (Å²) < 4.78 is 0. The maximum atomic E-state index is 13.7. The molecule has 3 amide bonds. The first-order valence-corrected chi connectivity index (χ1v) is 10.8. The van der Waals surface area contributed by atoms with Crippen molar-refractivity contribution in [2.75, 3.05) is 5.32 Å². The zero-order valence-corrected chi connectivity index (χ0v) is 18.2. The highest BCUT2D eigenvalue weighted by molar-refractivity contribution is 6.15. The topological polar surface area (TPSA) is 78.5 Å². The van der Waals surface area contributed by atoms with Crippen molar-refractivity contribution in [1.29, 1.82) is 0 Å². The molecule has 0 radical (unpaired) electrons. The van der Waals surface area contributed by atoms with E-state index in [0.29, 0.717) is 6.42 Å². The molecule has 0 saturated carbocycles. The average Bonchev–Trinajstić information content (AvgIpc) is 3.28. The summed E-state index contributed by atoms with van der Waals surface area (Å²) in [7, 11) is 0. The normalized spacial score (nSPS) is 29.5. The molecule has 4 unspecified atom stereocenters. The molecule has 6 heteroatoms. The van der Waals surface area contributed by atoms with Gasteiger partial charge in [0.05, 0.1) is 11.8 Å². The lowest BCUT2D eigenvalue weighted by molar-refractivity contribution is -0.147. The van der Waals surface area contributed by atoms with Gasteiger partial charge in [0.2, 0.25) is 17.7 Å². The largest absolute Gasteiger partial charge is 0.324 e. The summed E-state index contributed by atoms with van der Waals surface area (Å²) in [6.45, 7) is 7.53. The van der Waals surface area contributed by atoms with Crippen LogP contribution in [0, 0.1) is 18.8 Å². The van der Waals surface area contributed by atoms with Crippen LogP contribution in [-0.4, -0.2) is 34.2 Å². The number of fused-ring (bicyclic) bond motifs is 4. The molecule has 1 spiro atoms. The van der Waals surface area contributed by atoms with Gasteiger partial charge in [-0.3, -0.25) is 24.6 Å². The third-order valence-electron chi connectivity index (χ3n) is 6.93. The number of hydrogen-bond donors (Lipinski definition) is 2. The maximum Gasteiger partial charge on any atom is 0.250 e. The molecule has 6 nitrogen and oxygen atoms in total. The van der Waals surface area contributed by atoms with Gasteiger partial charge in [0.25, 0.3) is 0 Å². The maximum absolute atomic E-state index is 13.7. The monoisotopic (exact) mass is 417 g/mol. The number of para-hydroxylation sites is 1. The van der Waals surface area contributed by atoms with Gasteiger partial charge < -0.3 is 5.32 Å². The van der Waals surface area contributed by atoms with Crippen LogP contribution < -0.4 is 10.6 Å². The van der Waals surface area contributed by atoms with Crippen molar-refractivity contribution >= 4 is 23.4 Å². The van der Waals surface area contributed by atoms with Gasteiger partial charge in [-0.2, -0.15) is 0 Å². The van der Waals surface area contributed by atoms with E-state index in [1.54, 1.807) is 0 Å². The molecule has 0 bridgehead atoms. The van der Waals surface area contributed by atoms with Crippen LogP contribution in [0.3, 0.4) is 0 Å². The lowest BCUT2D eigenvalue weighted by Crippen LogP contribution is -2.56. The number of nitrogens with zero attached hydrogens (tertiary/aromatic N) is 1. The molecule has 0 aliphatic carbocycles. The summed E-state index contributed by atoms with van der Waals surface area (Å²) in [4.78, 5) is 42.2. The summed E-state index contributed by atoms with van der Waals surface area (Å²) in [6, 6.07) is 15.3. The number of hydrogen-bond acceptors (Lipinski definition) is 4. The summed E-state index contributed by atoms with van der Waals surface area (Å²) in [6.07, 6.45) is 0.565. The fourth-order valence-corrected chi connectivity index (χ4v) is 5.68. The van der Waals surface area contributed by atoms with Crippen molar-refractivity contribution < 1.29 is 14.4 Å². The molecule has 2 aromatic carbocycles. The predicted octanol–water partition coefficient (Wildman–Crippen LogP) is 2.76. The predicted molar refractivity (Wildman–Crippen MR) is 117 cm³/mol. The highest BCUT2D eigenvalue weighted by atomic mass is 16.2. The first-order chi connectivity index (χ1) is 14.7. The number of carbonyl (C=O) groups is 3. The third kappa shape index (κ3) is 2.64. The molecule has 0 aromatic heterocycles. The fraction of sp³-hybridized carbons (Fsp3) is 0.400. The summed E-state index contributed by atoms with van der Waals surface area (Å²) >= 11 is 0. The molecule has 3 heterocycles. The number of benzene rings is 2. The number of anilines is 1. The van der Waals surface area contributed by atoms with E-state index >= 15 is 0 Å². The van der Waals surface area contributed by atoms with Gasteiger partial charge in [-0.1, -0.05) is 48.5 Å². The molecule has 4 atom stereocenters. The Morgan fingerprint density at radius 3 is 2.35 bits per heavy atom. The fourth-order valence-electron chi connectivity index (χ4n) is 5.68. The molecule has 2 fully saturated rings. The van der Waals surface area contributed by atoms with Gasteiger partial charge in [0, 0.05) is 22.8 Å². The number of imide groups is 1. The van der Waals surface area contributed by atoms with Crippen LogP contribution in [0.15, 0.2) is 48.5 Å². The molecule has 2 N–H and O–H groups in total. The van der Waals surface area contributed by atoms with Crippen LogP contribution in [0.25, 0.3) is 0 Å². The quantitative estimate of drug-likeness (QED) is 0.737. The van der Waals surface area contributed by atoms with Crippen LogP contribution in [-0.2, 0) is 26.3 Å². The Hall–Kier alpha value is -2.99. The van der Waals surface area contributed by atoms with E-state index in [4.69, 9.17) is 0 Å². The minimum Gasteiger partial charge on any atom is -0.324 e. The summed E-state index contributed by atoms with van der Waals surface area (Å²) in [5, 5.41) is 6.50. The summed E-state index contributed by atoms with van der Waals surface area (Å²) in [5.74, 6) is -2.07. The SMILES string of the molecule is Cc1cccc2c1NC(=O)C21NC(Cc2ccccc2)C2C(=O)N(C(C)(C)C)C(=O)C21. The molecular formula is C25H27N3O3. The van der Waals surface area contributed by atoms with E-state index in [-0.39, 0.29) is 23.8 Å². The minimum absolute atomic E-state index is 0.193. The van der Waals surface area contributed by atoms with Gasteiger partial charge in [-0.05, 0) is 45.2 Å². The van der Waals surface area contributed by atoms with Crippen molar-refractivity contribution in [3.05, 3.63) is 65.2 Å². The molecule has 3 aliphatic heterocycles. The van der Waals surface area contributed by atoms with Crippen molar-refractivity contribution in [2.24, 2.45) is 11.8 Å². The van der Waals surface area contributed by atoms with Crippen LogP contribution in [0.5, 0.6) is 0 Å². The Bertz CT molecular complexity index is 1100. The standard InChI is InChI=1S/C25H27N3O3/c1-14-9-8-12-16-20(14)26-23(31)25(16)19-18(21(29)28(22(19)30)24(2,3)4)17(27-25)13-15-10-6-5-7-11-15/h5-12,17-19,27H,13H2,1-4H3,(H,26,31). The van der Waals surface area contributed by atoms with E-state index in [2.05, 4.69) is 10.6 Å². The van der Waals surface area contributed by atoms with Gasteiger partial charge in [-0.15, -0.1) is 0 Å². The Labute approximate surface area is 182 Å². The molecule has 3 aliphatic rings. The number of carbonyl (C=O) groups excluding carboxylic acids is 3. The molecule has 5 rings (SSSR count). The van der Waals surface area contributed by atoms with Gasteiger partial charge >= 0.3 is 0 Å². The van der Waals surface area contributed by atoms with Crippen LogP contribution in [0.4, 0.5) is 5.69 Å². The second-order valence-electron chi connectivity index (χ2n) is 9.89. The number of rotatable bonds is 2. The van der Waals surface area contributed by atoms with Crippen molar-refractivity contribution in [3.63, 3.8) is 0 Å². The molecule has 31 heavy (non-hydrogen) atoms. The van der Waals surface area contributed by atoms with E-state index < -0.39 is 22.9 Å². The number of nitrogens with one attached hydrogen (secondary N) is 2. The zero-order chi connectivity index (χ0) is 22.1. The number of amides is 3. The van der Waals surface area contributed by atoms with E-state index in [1.165, 1.54) is 4.90 Å². The van der Waals surface area contributed by atoms with Gasteiger partial charge in [0.15, 0.2) is 0 Å². The second kappa shape index (κ2) is 6.50. The first-order valence-electron chi connectivity index (χ1n) is 10.8. The lowest BCUT2D eigenvalue weighted by Gasteiger charge is -2.34. The minimum atomic E-state index is -1.24. The Kier molecular flexibility index (Phi) is 4.18. The Morgan fingerprint density at radius 2 is 1.68 bits per heavy atom. The van der Waals surface area contributed by atoms with Crippen molar-refractivity contribution in [1.82, 2.24) is 10.2 Å². The summed E-state index contributed by atoms with van der Waals surface area (Å²) in [5.41, 5.74) is 1.62. The van der Waals surface area contributed by atoms with Crippen molar-refractivity contribution in [2.45, 2.75) is 51.2 Å². The lowest BCUT2D eigenvalue weighted by atomic mass is 9.76. The van der Waals surface area contributed by atoms with E-state index in [1.807, 2.05) is 76.2 Å². The number of likely N-dealkylation sites (tertiary alicyclic amines) is 1. The first kappa shape index (κ1) is 19.9. The van der Waals surface area contributed by atoms with Crippen LogP contribution in [0.2, 0.25) is 0 Å². The Morgan fingerprint density at radius 1 is 0.968 bits per heavy atom. The van der Waals surface area contributed by atoms with Gasteiger partial charge in [0.1, 0.15) is 5.54 Å². The molecule has 2 saturated heterocycles. The smallest absolute Gasteiger partial charge is 0.250 e.